The number of rotatable bonds is 4. The Labute approximate surface area is 125 Å². The average molecular weight is 291 g/mol. The molecule has 2 N–H and O–H groups in total. The molecule has 0 radical (unpaired) electrons. The minimum absolute atomic E-state index is 0.252. The maximum atomic E-state index is 11.0. The zero-order chi connectivity index (χ0) is 15.0. The highest BCUT2D eigenvalue weighted by Gasteiger charge is 2.34. The number of hydrogen-bond donors (Lipinski definition) is 1. The Hall–Kier alpha value is -1.43. The molecule has 1 atom stereocenters. The van der Waals surface area contributed by atoms with Crippen LogP contribution < -0.4 is 5.73 Å². The molecule has 2 aliphatic rings. The number of carbonyl (C=O) groups is 1. The minimum Gasteiger partial charge on any atom is -0.364 e. The molecule has 1 saturated heterocycles. The van der Waals surface area contributed by atoms with Crippen LogP contribution in [0.4, 0.5) is 0 Å². The third-order valence-corrected chi connectivity index (χ3v) is 4.90. The molecular weight excluding hydrogens is 266 g/mol. The number of amides is 1. The molecule has 2 heterocycles. The van der Waals surface area contributed by atoms with E-state index in [1.54, 1.807) is 10.9 Å². The molecule has 2 fully saturated rings. The fourth-order valence-corrected chi connectivity index (χ4v) is 3.80. The van der Waals surface area contributed by atoms with Crippen molar-refractivity contribution in [3.8, 4) is 0 Å². The van der Waals surface area contributed by atoms with E-state index >= 15 is 0 Å². The SMILES string of the molecule is CC1(C)CCCC(CN2CC(n3cc(C(N)=O)nn3)C2)C1. The molecular formula is C15H25N5O. The molecule has 116 valence electrons. The summed E-state index contributed by atoms with van der Waals surface area (Å²) in [6, 6.07) is 0.335. The van der Waals surface area contributed by atoms with Crippen molar-refractivity contribution in [1.29, 1.82) is 0 Å². The highest BCUT2D eigenvalue weighted by Crippen LogP contribution is 2.39. The first kappa shape index (κ1) is 14.5. The number of carbonyl (C=O) groups excluding carboxylic acids is 1. The van der Waals surface area contributed by atoms with Gasteiger partial charge in [-0.1, -0.05) is 25.5 Å². The third-order valence-electron chi connectivity index (χ3n) is 4.90. The highest BCUT2D eigenvalue weighted by molar-refractivity contribution is 5.90. The predicted molar refractivity (Wildman–Crippen MR) is 79.8 cm³/mol. The number of nitrogens with zero attached hydrogens (tertiary/aromatic N) is 4. The summed E-state index contributed by atoms with van der Waals surface area (Å²) in [5.74, 6) is 0.313. The predicted octanol–water partition coefficient (Wildman–Crippen LogP) is 1.45. The van der Waals surface area contributed by atoms with Crippen LogP contribution in [0.25, 0.3) is 0 Å². The minimum atomic E-state index is -0.512. The fraction of sp³-hybridized carbons (Fsp3) is 0.800. The second kappa shape index (κ2) is 5.40. The molecule has 0 spiro atoms. The Kier molecular flexibility index (Phi) is 3.73. The van der Waals surface area contributed by atoms with Crippen molar-refractivity contribution in [3.05, 3.63) is 11.9 Å². The lowest BCUT2D eigenvalue weighted by Gasteiger charge is -2.43. The topological polar surface area (TPSA) is 77.0 Å². The lowest BCUT2D eigenvalue weighted by Crippen LogP contribution is -2.50. The third kappa shape index (κ3) is 3.26. The summed E-state index contributed by atoms with van der Waals surface area (Å²) in [5.41, 5.74) is 5.96. The largest absolute Gasteiger partial charge is 0.364 e. The number of nitrogens with two attached hydrogens (primary N) is 1. The maximum absolute atomic E-state index is 11.0. The van der Waals surface area contributed by atoms with Gasteiger partial charge in [0.2, 0.25) is 0 Å². The quantitative estimate of drug-likeness (QED) is 0.911. The molecule has 1 aliphatic heterocycles. The van der Waals surface area contributed by atoms with Gasteiger partial charge in [-0.15, -0.1) is 5.10 Å². The number of likely N-dealkylation sites (tertiary alicyclic amines) is 1. The fourth-order valence-electron chi connectivity index (χ4n) is 3.80. The first-order valence-corrected chi connectivity index (χ1v) is 7.87. The highest BCUT2D eigenvalue weighted by atomic mass is 16.1. The van der Waals surface area contributed by atoms with Crippen LogP contribution in [0.1, 0.15) is 56.1 Å². The second-order valence-corrected chi connectivity index (χ2v) is 7.45. The molecule has 1 aromatic heterocycles. The van der Waals surface area contributed by atoms with Crippen molar-refractivity contribution >= 4 is 5.91 Å². The van der Waals surface area contributed by atoms with Crippen molar-refractivity contribution in [2.75, 3.05) is 19.6 Å². The van der Waals surface area contributed by atoms with E-state index < -0.39 is 5.91 Å². The molecule has 1 amide bonds. The van der Waals surface area contributed by atoms with Gasteiger partial charge in [0.15, 0.2) is 5.69 Å². The summed E-state index contributed by atoms with van der Waals surface area (Å²) in [7, 11) is 0. The van der Waals surface area contributed by atoms with Crippen LogP contribution in [0.15, 0.2) is 6.20 Å². The molecule has 1 aliphatic carbocycles. The molecule has 6 nitrogen and oxygen atoms in total. The summed E-state index contributed by atoms with van der Waals surface area (Å²) < 4.78 is 1.78. The molecule has 1 saturated carbocycles. The summed E-state index contributed by atoms with van der Waals surface area (Å²) >= 11 is 0. The molecule has 6 heteroatoms. The van der Waals surface area contributed by atoms with Crippen LogP contribution in [-0.2, 0) is 0 Å². The van der Waals surface area contributed by atoms with Gasteiger partial charge in [-0.25, -0.2) is 4.68 Å². The van der Waals surface area contributed by atoms with E-state index in [9.17, 15) is 4.79 Å². The Morgan fingerprint density at radius 1 is 1.48 bits per heavy atom. The van der Waals surface area contributed by atoms with Crippen molar-refractivity contribution in [1.82, 2.24) is 19.9 Å². The average Bonchev–Trinajstić information content (AvgIpc) is 2.81. The van der Waals surface area contributed by atoms with Gasteiger partial charge in [0, 0.05) is 19.6 Å². The van der Waals surface area contributed by atoms with E-state index in [0.717, 1.165) is 19.0 Å². The van der Waals surface area contributed by atoms with Gasteiger partial charge in [-0.3, -0.25) is 9.69 Å². The summed E-state index contributed by atoms with van der Waals surface area (Å²) in [5, 5.41) is 7.80. The monoisotopic (exact) mass is 291 g/mol. The van der Waals surface area contributed by atoms with E-state index in [1.807, 2.05) is 0 Å². The number of primary amides is 1. The van der Waals surface area contributed by atoms with Crippen LogP contribution in [-0.4, -0.2) is 45.4 Å². The van der Waals surface area contributed by atoms with Gasteiger partial charge in [0.1, 0.15) is 0 Å². The summed E-state index contributed by atoms with van der Waals surface area (Å²) in [6.45, 7) is 7.96. The first-order chi connectivity index (χ1) is 9.93. The van der Waals surface area contributed by atoms with Crippen LogP contribution in [0.5, 0.6) is 0 Å². The van der Waals surface area contributed by atoms with Gasteiger partial charge < -0.3 is 5.73 Å². The molecule has 21 heavy (non-hydrogen) atoms. The van der Waals surface area contributed by atoms with Crippen molar-refractivity contribution < 1.29 is 4.79 Å². The van der Waals surface area contributed by atoms with Gasteiger partial charge in [-0.05, 0) is 30.6 Å². The lowest BCUT2D eigenvalue weighted by molar-refractivity contribution is 0.0547. The van der Waals surface area contributed by atoms with Gasteiger partial charge >= 0.3 is 0 Å². The first-order valence-electron chi connectivity index (χ1n) is 7.87. The number of aromatic nitrogens is 3. The standard InChI is InChI=1S/C15H25N5O/c1-15(2)5-3-4-11(6-15)7-19-8-12(9-19)20-10-13(14(16)21)17-18-20/h10-12H,3-9H2,1-2H3,(H2,16,21). The van der Waals surface area contributed by atoms with E-state index in [2.05, 4.69) is 29.1 Å². The Balaban J connectivity index is 1.48. The van der Waals surface area contributed by atoms with E-state index in [1.165, 1.54) is 32.2 Å². The van der Waals surface area contributed by atoms with Gasteiger partial charge in [0.25, 0.3) is 5.91 Å². The Bertz CT molecular complexity index is 518. The zero-order valence-electron chi connectivity index (χ0n) is 13.0. The van der Waals surface area contributed by atoms with E-state index in [-0.39, 0.29) is 5.69 Å². The Morgan fingerprint density at radius 2 is 2.24 bits per heavy atom. The molecule has 1 unspecified atom stereocenters. The van der Waals surface area contributed by atoms with Crippen molar-refractivity contribution in [2.45, 2.75) is 45.6 Å². The maximum Gasteiger partial charge on any atom is 0.270 e. The van der Waals surface area contributed by atoms with Crippen LogP contribution in [0.2, 0.25) is 0 Å². The second-order valence-electron chi connectivity index (χ2n) is 7.45. The molecule has 1 aromatic rings. The molecule has 3 rings (SSSR count). The van der Waals surface area contributed by atoms with E-state index in [0.29, 0.717) is 11.5 Å². The van der Waals surface area contributed by atoms with E-state index in [4.69, 9.17) is 5.73 Å². The van der Waals surface area contributed by atoms with Crippen LogP contribution in [0.3, 0.4) is 0 Å². The number of hydrogen-bond acceptors (Lipinski definition) is 4. The van der Waals surface area contributed by atoms with Gasteiger partial charge in [-0.2, -0.15) is 0 Å². The van der Waals surface area contributed by atoms with Crippen molar-refractivity contribution in [3.63, 3.8) is 0 Å². The summed E-state index contributed by atoms with van der Waals surface area (Å²) in [4.78, 5) is 13.5. The van der Waals surface area contributed by atoms with Crippen LogP contribution >= 0.6 is 0 Å². The summed E-state index contributed by atoms with van der Waals surface area (Å²) in [6.07, 6.45) is 7.08. The van der Waals surface area contributed by atoms with Crippen LogP contribution in [0, 0.1) is 11.3 Å². The van der Waals surface area contributed by atoms with Gasteiger partial charge in [0.05, 0.1) is 12.2 Å². The lowest BCUT2D eigenvalue weighted by atomic mass is 9.72. The smallest absolute Gasteiger partial charge is 0.270 e. The normalized spacial score (nSPS) is 26.5. The Morgan fingerprint density at radius 3 is 2.86 bits per heavy atom. The molecule has 0 aromatic carbocycles. The zero-order valence-corrected chi connectivity index (χ0v) is 13.0. The molecule has 0 bridgehead atoms. The van der Waals surface area contributed by atoms with Crippen molar-refractivity contribution in [2.24, 2.45) is 17.1 Å².